The number of rotatable bonds is 2. The number of hydrogen-bond donors (Lipinski definition) is 2. The van der Waals surface area contributed by atoms with Crippen LogP contribution < -0.4 is 16.0 Å². The van der Waals surface area contributed by atoms with Gasteiger partial charge in [-0.15, -0.1) is 0 Å². The zero-order valence-corrected chi connectivity index (χ0v) is 9.96. The molecule has 94 valence electrons. The number of nitrogens with one attached hydrogen (secondary N) is 1. The molecule has 0 unspecified atom stereocenters. The summed E-state index contributed by atoms with van der Waals surface area (Å²) in [4.78, 5) is 17.6. The van der Waals surface area contributed by atoms with Gasteiger partial charge in [0, 0.05) is 16.5 Å². The first-order chi connectivity index (χ1) is 9.24. The van der Waals surface area contributed by atoms with E-state index in [1.807, 2.05) is 24.3 Å². The normalized spacial score (nSPS) is 10.5. The van der Waals surface area contributed by atoms with Crippen molar-refractivity contribution in [2.24, 2.45) is 0 Å². The topological polar surface area (TPSA) is 81.0 Å². The van der Waals surface area contributed by atoms with Gasteiger partial charge < -0.3 is 15.5 Å². The van der Waals surface area contributed by atoms with E-state index >= 15 is 0 Å². The fourth-order valence-electron chi connectivity index (χ4n) is 1.90. The molecule has 3 aromatic rings. The van der Waals surface area contributed by atoms with Gasteiger partial charge in [0.2, 0.25) is 5.88 Å². The highest BCUT2D eigenvalue weighted by molar-refractivity contribution is 5.97. The first-order valence-electron chi connectivity index (χ1n) is 5.74. The third kappa shape index (κ3) is 2.13. The van der Waals surface area contributed by atoms with Gasteiger partial charge in [0.25, 0.3) is 5.56 Å². The number of aromatic amines is 1. The van der Waals surface area contributed by atoms with Crippen LogP contribution in [-0.2, 0) is 0 Å². The van der Waals surface area contributed by atoms with Crippen LogP contribution in [0.4, 0.5) is 5.69 Å². The van der Waals surface area contributed by atoms with Crippen LogP contribution in [0.2, 0.25) is 0 Å². The van der Waals surface area contributed by atoms with Crippen molar-refractivity contribution in [1.82, 2.24) is 9.97 Å². The van der Waals surface area contributed by atoms with E-state index in [1.165, 1.54) is 12.4 Å². The van der Waals surface area contributed by atoms with Crippen LogP contribution in [-0.4, -0.2) is 9.97 Å². The second-order valence-corrected chi connectivity index (χ2v) is 4.05. The molecule has 0 saturated carbocycles. The van der Waals surface area contributed by atoms with Crippen LogP contribution in [0.25, 0.3) is 10.8 Å². The van der Waals surface area contributed by atoms with E-state index in [0.29, 0.717) is 11.4 Å². The smallest absolute Gasteiger partial charge is 0.254 e. The first kappa shape index (κ1) is 11.3. The van der Waals surface area contributed by atoms with Crippen LogP contribution in [0.15, 0.2) is 53.6 Å². The maximum absolute atomic E-state index is 11.2. The molecular weight excluding hydrogens is 242 g/mol. The van der Waals surface area contributed by atoms with Crippen molar-refractivity contribution in [3.8, 4) is 11.6 Å². The summed E-state index contributed by atoms with van der Waals surface area (Å²) in [5, 5.41) is 1.79. The minimum atomic E-state index is -0.259. The lowest BCUT2D eigenvalue weighted by molar-refractivity contribution is 0.466. The monoisotopic (exact) mass is 253 g/mol. The number of anilines is 1. The number of fused-ring (bicyclic) bond motifs is 1. The van der Waals surface area contributed by atoms with E-state index in [2.05, 4.69) is 9.97 Å². The lowest BCUT2D eigenvalue weighted by Gasteiger charge is -2.09. The van der Waals surface area contributed by atoms with E-state index in [0.717, 1.165) is 10.8 Å². The average molecular weight is 253 g/mol. The Morgan fingerprint density at radius 2 is 1.89 bits per heavy atom. The van der Waals surface area contributed by atoms with Crippen molar-refractivity contribution in [1.29, 1.82) is 0 Å². The molecule has 19 heavy (non-hydrogen) atoms. The molecule has 2 aromatic carbocycles. The SMILES string of the molecule is Nc1ccc(Oc2cc(=O)[nH]cn2)c2ccccc12. The van der Waals surface area contributed by atoms with Crippen molar-refractivity contribution in [3.05, 3.63) is 59.1 Å². The summed E-state index contributed by atoms with van der Waals surface area (Å²) in [5.74, 6) is 0.863. The number of hydrogen-bond acceptors (Lipinski definition) is 4. The van der Waals surface area contributed by atoms with Gasteiger partial charge in [-0.3, -0.25) is 4.79 Å². The van der Waals surface area contributed by atoms with Gasteiger partial charge in [-0.2, -0.15) is 0 Å². The second-order valence-electron chi connectivity index (χ2n) is 4.05. The summed E-state index contributed by atoms with van der Waals surface area (Å²) in [6.45, 7) is 0. The molecular formula is C14H11N3O2. The number of aromatic nitrogens is 2. The highest BCUT2D eigenvalue weighted by atomic mass is 16.5. The van der Waals surface area contributed by atoms with Crippen LogP contribution in [0.3, 0.4) is 0 Å². The molecule has 0 fully saturated rings. The molecule has 3 N–H and O–H groups in total. The molecule has 1 heterocycles. The molecule has 0 bridgehead atoms. The molecule has 5 nitrogen and oxygen atoms in total. The molecule has 0 spiro atoms. The maximum Gasteiger partial charge on any atom is 0.254 e. The van der Waals surface area contributed by atoms with Crippen molar-refractivity contribution in [2.45, 2.75) is 0 Å². The Bertz CT molecular complexity index is 796. The Kier molecular flexibility index (Phi) is 2.64. The van der Waals surface area contributed by atoms with Gasteiger partial charge in [-0.25, -0.2) is 4.98 Å². The van der Waals surface area contributed by atoms with E-state index in [9.17, 15) is 4.79 Å². The van der Waals surface area contributed by atoms with Crippen molar-refractivity contribution < 1.29 is 4.74 Å². The molecule has 0 aliphatic heterocycles. The van der Waals surface area contributed by atoms with Crippen LogP contribution in [0.5, 0.6) is 11.6 Å². The lowest BCUT2D eigenvalue weighted by Crippen LogP contribution is -2.04. The molecule has 0 radical (unpaired) electrons. The number of ether oxygens (including phenoxy) is 1. The van der Waals surface area contributed by atoms with Crippen LogP contribution >= 0.6 is 0 Å². The predicted molar refractivity (Wildman–Crippen MR) is 73.3 cm³/mol. The molecule has 0 aliphatic carbocycles. The van der Waals surface area contributed by atoms with Crippen molar-refractivity contribution >= 4 is 16.5 Å². The summed E-state index contributed by atoms with van der Waals surface area (Å²) >= 11 is 0. The summed E-state index contributed by atoms with van der Waals surface area (Å²) in [6, 6.07) is 12.5. The maximum atomic E-state index is 11.2. The standard InChI is InChI=1S/C14H11N3O2/c15-11-5-6-12(10-4-2-1-3-9(10)11)19-14-7-13(18)16-8-17-14/h1-8H,15H2,(H,16,17,18). The molecule has 3 rings (SSSR count). The second kappa shape index (κ2) is 4.45. The molecule has 1 aromatic heterocycles. The summed E-state index contributed by atoms with van der Waals surface area (Å²) in [7, 11) is 0. The predicted octanol–water partition coefficient (Wildman–Crippen LogP) is 2.30. The van der Waals surface area contributed by atoms with Crippen LogP contribution in [0, 0.1) is 0 Å². The Labute approximate surface area is 108 Å². The Morgan fingerprint density at radius 1 is 1.11 bits per heavy atom. The minimum Gasteiger partial charge on any atom is -0.438 e. The largest absolute Gasteiger partial charge is 0.438 e. The number of nitrogens with two attached hydrogens (primary N) is 1. The number of nitrogen functional groups attached to an aromatic ring is 1. The van der Waals surface area contributed by atoms with E-state index < -0.39 is 0 Å². The highest BCUT2D eigenvalue weighted by Gasteiger charge is 2.06. The van der Waals surface area contributed by atoms with Gasteiger partial charge in [-0.05, 0) is 12.1 Å². The van der Waals surface area contributed by atoms with Gasteiger partial charge in [0.1, 0.15) is 5.75 Å². The quantitative estimate of drug-likeness (QED) is 0.686. The van der Waals surface area contributed by atoms with Gasteiger partial charge in [-0.1, -0.05) is 24.3 Å². The van der Waals surface area contributed by atoms with Crippen molar-refractivity contribution in [2.75, 3.05) is 5.73 Å². The third-order valence-corrected chi connectivity index (χ3v) is 2.79. The van der Waals surface area contributed by atoms with E-state index in [-0.39, 0.29) is 11.4 Å². The Hall–Kier alpha value is -2.82. The fourth-order valence-corrected chi connectivity index (χ4v) is 1.90. The summed E-state index contributed by atoms with van der Waals surface area (Å²) in [5.41, 5.74) is 6.34. The summed E-state index contributed by atoms with van der Waals surface area (Å²) in [6.07, 6.45) is 1.30. The molecule has 5 heteroatoms. The highest BCUT2D eigenvalue weighted by Crippen LogP contribution is 2.31. The zero-order chi connectivity index (χ0) is 13.2. The van der Waals surface area contributed by atoms with Gasteiger partial charge in [0.15, 0.2) is 0 Å². The lowest BCUT2D eigenvalue weighted by atomic mass is 10.1. The molecule has 0 saturated heterocycles. The van der Waals surface area contributed by atoms with Gasteiger partial charge >= 0.3 is 0 Å². The van der Waals surface area contributed by atoms with Gasteiger partial charge in [0.05, 0.1) is 12.4 Å². The minimum absolute atomic E-state index is 0.249. The molecule has 0 aliphatic rings. The Balaban J connectivity index is 2.11. The number of H-pyrrole nitrogens is 1. The fraction of sp³-hybridized carbons (Fsp3) is 0. The Morgan fingerprint density at radius 3 is 2.68 bits per heavy atom. The van der Waals surface area contributed by atoms with E-state index in [1.54, 1.807) is 12.1 Å². The van der Waals surface area contributed by atoms with Crippen LogP contribution in [0.1, 0.15) is 0 Å². The van der Waals surface area contributed by atoms with Crippen molar-refractivity contribution in [3.63, 3.8) is 0 Å². The summed E-state index contributed by atoms with van der Waals surface area (Å²) < 4.78 is 5.64. The number of nitrogens with zero attached hydrogens (tertiary/aromatic N) is 1. The third-order valence-electron chi connectivity index (χ3n) is 2.79. The zero-order valence-electron chi connectivity index (χ0n) is 9.96. The average Bonchev–Trinajstić information content (AvgIpc) is 2.42. The number of benzene rings is 2. The van der Waals surface area contributed by atoms with E-state index in [4.69, 9.17) is 10.5 Å². The molecule has 0 amide bonds. The first-order valence-corrected chi connectivity index (χ1v) is 5.74. The molecule has 0 atom stereocenters.